The van der Waals surface area contributed by atoms with Crippen molar-refractivity contribution in [2.24, 2.45) is 5.73 Å². The van der Waals surface area contributed by atoms with Gasteiger partial charge in [0.05, 0.1) is 5.60 Å². The number of nitrogens with two attached hydrogens (primary N) is 1. The highest BCUT2D eigenvalue weighted by Gasteiger charge is 2.45. The maximum Gasteiger partial charge on any atom is 0.0933 e. The monoisotopic (exact) mass is 177 g/mol. The van der Waals surface area contributed by atoms with Gasteiger partial charge in [-0.15, -0.1) is 0 Å². The van der Waals surface area contributed by atoms with Crippen LogP contribution in [0.4, 0.5) is 0 Å². The van der Waals surface area contributed by atoms with Gasteiger partial charge in [0.1, 0.15) is 0 Å². The largest absolute Gasteiger partial charge is 0.374 e. The third-order valence-electron chi connectivity index (χ3n) is 2.82. The van der Waals surface area contributed by atoms with E-state index < -0.39 is 0 Å². The van der Waals surface area contributed by atoms with Crippen LogP contribution >= 0.6 is 0 Å². The molecule has 1 aliphatic carbocycles. The number of hydrogen-bond acceptors (Lipinski definition) is 2. The first-order valence-corrected chi connectivity index (χ1v) is 4.66. The zero-order valence-corrected chi connectivity index (χ0v) is 7.92. The van der Waals surface area contributed by atoms with Crippen molar-refractivity contribution in [3.8, 4) is 0 Å². The van der Waals surface area contributed by atoms with Crippen molar-refractivity contribution in [1.29, 1.82) is 0 Å². The molecule has 0 spiro atoms. The van der Waals surface area contributed by atoms with Crippen molar-refractivity contribution in [2.45, 2.75) is 25.0 Å². The maximum absolute atomic E-state index is 5.67. The first-order valence-electron chi connectivity index (χ1n) is 4.66. The van der Waals surface area contributed by atoms with Gasteiger partial charge >= 0.3 is 0 Å². The Labute approximate surface area is 78.7 Å². The number of ether oxygens (including phenoxy) is 1. The molecule has 0 bridgehead atoms. The van der Waals surface area contributed by atoms with Crippen LogP contribution in [-0.2, 0) is 16.9 Å². The lowest BCUT2D eigenvalue weighted by molar-refractivity contribution is 0.0781. The molecule has 1 saturated carbocycles. The van der Waals surface area contributed by atoms with E-state index in [0.29, 0.717) is 6.54 Å². The summed E-state index contributed by atoms with van der Waals surface area (Å²) >= 11 is 0. The highest BCUT2D eigenvalue weighted by molar-refractivity contribution is 5.36. The van der Waals surface area contributed by atoms with Gasteiger partial charge in [-0.2, -0.15) is 0 Å². The topological polar surface area (TPSA) is 35.2 Å². The molecular weight excluding hydrogens is 162 g/mol. The lowest BCUT2D eigenvalue weighted by atomic mass is 10.0. The van der Waals surface area contributed by atoms with Gasteiger partial charge in [0, 0.05) is 13.7 Å². The van der Waals surface area contributed by atoms with Gasteiger partial charge in [0.25, 0.3) is 0 Å². The van der Waals surface area contributed by atoms with Crippen LogP contribution in [-0.4, -0.2) is 7.11 Å². The fraction of sp³-hybridized carbons (Fsp3) is 0.455. The fourth-order valence-electron chi connectivity index (χ4n) is 1.84. The summed E-state index contributed by atoms with van der Waals surface area (Å²) in [6.45, 7) is 0.598. The quantitative estimate of drug-likeness (QED) is 0.763. The van der Waals surface area contributed by atoms with Crippen LogP contribution in [0.5, 0.6) is 0 Å². The molecule has 0 unspecified atom stereocenters. The van der Waals surface area contributed by atoms with E-state index in [-0.39, 0.29) is 5.60 Å². The second-order valence-corrected chi connectivity index (χ2v) is 3.56. The smallest absolute Gasteiger partial charge is 0.0933 e. The lowest BCUT2D eigenvalue weighted by Crippen LogP contribution is -2.13. The van der Waals surface area contributed by atoms with E-state index in [0.717, 1.165) is 12.8 Å². The van der Waals surface area contributed by atoms with E-state index in [1.165, 1.54) is 11.1 Å². The standard InChI is InChI=1S/C11H15NO/c1-13-11(6-7-11)10-5-3-2-4-9(10)8-12/h2-5H,6-8,12H2,1H3. The summed E-state index contributed by atoms with van der Waals surface area (Å²) in [6.07, 6.45) is 2.25. The molecule has 1 fully saturated rings. The molecule has 0 aliphatic heterocycles. The SMILES string of the molecule is COC1(c2ccccc2CN)CC1. The maximum atomic E-state index is 5.67. The predicted molar refractivity (Wildman–Crippen MR) is 52.3 cm³/mol. The first kappa shape index (κ1) is 8.73. The van der Waals surface area contributed by atoms with Gasteiger partial charge < -0.3 is 10.5 Å². The van der Waals surface area contributed by atoms with Gasteiger partial charge in [0.2, 0.25) is 0 Å². The molecule has 0 heterocycles. The minimum absolute atomic E-state index is 0.00400. The van der Waals surface area contributed by atoms with Gasteiger partial charge in [-0.1, -0.05) is 24.3 Å². The zero-order chi connectivity index (χ0) is 9.31. The van der Waals surface area contributed by atoms with Crippen molar-refractivity contribution < 1.29 is 4.74 Å². The molecule has 1 aromatic carbocycles. The molecule has 2 heteroatoms. The highest BCUT2D eigenvalue weighted by atomic mass is 16.5. The highest BCUT2D eigenvalue weighted by Crippen LogP contribution is 2.49. The van der Waals surface area contributed by atoms with E-state index in [2.05, 4.69) is 12.1 Å². The summed E-state index contributed by atoms with van der Waals surface area (Å²) in [5, 5.41) is 0. The van der Waals surface area contributed by atoms with Crippen LogP contribution in [0.25, 0.3) is 0 Å². The molecule has 13 heavy (non-hydrogen) atoms. The molecule has 2 N–H and O–H groups in total. The van der Waals surface area contributed by atoms with E-state index in [4.69, 9.17) is 10.5 Å². The lowest BCUT2D eigenvalue weighted by Gasteiger charge is -2.17. The Hall–Kier alpha value is -0.860. The summed E-state index contributed by atoms with van der Waals surface area (Å²) in [6, 6.07) is 8.28. The van der Waals surface area contributed by atoms with Crippen LogP contribution in [0.1, 0.15) is 24.0 Å². The second-order valence-electron chi connectivity index (χ2n) is 3.56. The minimum Gasteiger partial charge on any atom is -0.374 e. The van der Waals surface area contributed by atoms with Crippen molar-refractivity contribution in [3.63, 3.8) is 0 Å². The normalized spacial score (nSPS) is 18.6. The molecule has 1 aromatic rings. The van der Waals surface area contributed by atoms with Gasteiger partial charge in [-0.05, 0) is 24.0 Å². The summed E-state index contributed by atoms with van der Waals surface area (Å²) in [7, 11) is 1.78. The van der Waals surface area contributed by atoms with Crippen LogP contribution in [0.2, 0.25) is 0 Å². The van der Waals surface area contributed by atoms with Gasteiger partial charge in [-0.25, -0.2) is 0 Å². The van der Waals surface area contributed by atoms with Crippen LogP contribution in [0.3, 0.4) is 0 Å². The van der Waals surface area contributed by atoms with E-state index >= 15 is 0 Å². The van der Waals surface area contributed by atoms with Crippen molar-refractivity contribution in [3.05, 3.63) is 35.4 Å². The van der Waals surface area contributed by atoms with Gasteiger partial charge in [0.15, 0.2) is 0 Å². The summed E-state index contributed by atoms with van der Waals surface area (Å²) in [5.41, 5.74) is 8.16. The Morgan fingerprint density at radius 2 is 2.08 bits per heavy atom. The van der Waals surface area contributed by atoms with Gasteiger partial charge in [-0.3, -0.25) is 0 Å². The van der Waals surface area contributed by atoms with Crippen LogP contribution in [0.15, 0.2) is 24.3 Å². The van der Waals surface area contributed by atoms with Crippen LogP contribution in [0, 0.1) is 0 Å². The Balaban J connectivity index is 2.39. The molecule has 0 atom stereocenters. The average Bonchev–Trinajstić information content (AvgIpc) is 2.98. The molecule has 2 rings (SSSR count). The van der Waals surface area contributed by atoms with Crippen molar-refractivity contribution >= 4 is 0 Å². The Bertz CT molecular complexity index is 305. The van der Waals surface area contributed by atoms with Crippen molar-refractivity contribution in [2.75, 3.05) is 7.11 Å². The molecule has 70 valence electrons. The predicted octanol–water partition coefficient (Wildman–Crippen LogP) is 1.78. The Morgan fingerprint density at radius 3 is 2.62 bits per heavy atom. The summed E-state index contributed by atoms with van der Waals surface area (Å²) in [4.78, 5) is 0. The number of benzene rings is 1. The molecule has 0 radical (unpaired) electrons. The third-order valence-corrected chi connectivity index (χ3v) is 2.82. The summed E-state index contributed by atoms with van der Waals surface area (Å²) < 4.78 is 5.52. The molecule has 0 amide bonds. The van der Waals surface area contributed by atoms with E-state index in [1.807, 2.05) is 12.1 Å². The number of methoxy groups -OCH3 is 1. The summed E-state index contributed by atoms with van der Waals surface area (Å²) in [5.74, 6) is 0. The molecule has 2 nitrogen and oxygen atoms in total. The van der Waals surface area contributed by atoms with E-state index in [9.17, 15) is 0 Å². The Morgan fingerprint density at radius 1 is 1.38 bits per heavy atom. The molecule has 0 aromatic heterocycles. The average molecular weight is 177 g/mol. The zero-order valence-electron chi connectivity index (χ0n) is 7.92. The fourth-order valence-corrected chi connectivity index (χ4v) is 1.84. The third kappa shape index (κ3) is 1.36. The molecule has 1 aliphatic rings. The molecular formula is C11H15NO. The minimum atomic E-state index is -0.00400. The number of hydrogen-bond donors (Lipinski definition) is 1. The van der Waals surface area contributed by atoms with Crippen molar-refractivity contribution in [1.82, 2.24) is 0 Å². The van der Waals surface area contributed by atoms with E-state index in [1.54, 1.807) is 7.11 Å². The van der Waals surface area contributed by atoms with Crippen LogP contribution < -0.4 is 5.73 Å². The Kier molecular flexibility index (Phi) is 2.10. The number of rotatable bonds is 3. The second kappa shape index (κ2) is 3.13. The molecule has 0 saturated heterocycles. The first-order chi connectivity index (χ1) is 6.32.